The minimum atomic E-state index is -0.312. The number of hydrogen-bond acceptors (Lipinski definition) is 6. The van der Waals surface area contributed by atoms with E-state index in [1.165, 1.54) is 6.07 Å². The summed E-state index contributed by atoms with van der Waals surface area (Å²) in [7, 11) is 1.65. The van der Waals surface area contributed by atoms with Gasteiger partial charge in [-0.15, -0.1) is 0 Å². The number of hydrogen-bond donors (Lipinski definition) is 1. The van der Waals surface area contributed by atoms with Gasteiger partial charge in [0.15, 0.2) is 17.4 Å². The van der Waals surface area contributed by atoms with Crippen molar-refractivity contribution in [3.8, 4) is 5.75 Å². The van der Waals surface area contributed by atoms with Gasteiger partial charge >= 0.3 is 0 Å². The highest BCUT2D eigenvalue weighted by Crippen LogP contribution is 2.36. The lowest BCUT2D eigenvalue weighted by atomic mass is 9.78. The van der Waals surface area contributed by atoms with Gasteiger partial charge in [0.05, 0.1) is 0 Å². The van der Waals surface area contributed by atoms with E-state index in [9.17, 15) is 4.39 Å². The third-order valence-corrected chi connectivity index (χ3v) is 5.54. The smallest absolute Gasteiger partial charge is 0.165 e. The number of nitrogens with zero attached hydrogens (tertiary/aromatic N) is 3. The van der Waals surface area contributed by atoms with Crippen LogP contribution in [0.5, 0.6) is 5.75 Å². The molecule has 2 heterocycles. The van der Waals surface area contributed by atoms with Gasteiger partial charge in [0.2, 0.25) is 0 Å². The molecule has 2 fully saturated rings. The van der Waals surface area contributed by atoms with Gasteiger partial charge < -0.3 is 20.1 Å². The second-order valence-corrected chi connectivity index (χ2v) is 7.66. The number of anilines is 1. The molecule has 0 amide bonds. The Labute approximate surface area is 164 Å². The summed E-state index contributed by atoms with van der Waals surface area (Å²) in [6.45, 7) is 2.02. The molecule has 2 aromatic rings. The number of aromatic nitrogens is 2. The monoisotopic (exact) mass is 386 g/mol. The Morgan fingerprint density at radius 1 is 1.18 bits per heavy atom. The van der Waals surface area contributed by atoms with Crippen LogP contribution in [-0.2, 0) is 11.3 Å². The fraction of sp³-hybridized carbons (Fsp3) is 0.524. The first-order valence-corrected chi connectivity index (χ1v) is 9.91. The highest BCUT2D eigenvalue weighted by Gasteiger charge is 2.30. The SMILES string of the molecule is COCc1nc(C2CC(N)C2)cc(N2CCC(Oc3ccccc3F)CC2)n1. The molecule has 0 bridgehead atoms. The molecule has 6 nitrogen and oxygen atoms in total. The van der Waals surface area contributed by atoms with Crippen molar-refractivity contribution in [2.75, 3.05) is 25.1 Å². The molecule has 0 spiro atoms. The molecule has 1 aliphatic heterocycles. The highest BCUT2D eigenvalue weighted by atomic mass is 19.1. The number of rotatable bonds is 6. The molecular weight excluding hydrogens is 359 g/mol. The molecule has 150 valence electrons. The van der Waals surface area contributed by atoms with E-state index >= 15 is 0 Å². The molecule has 1 saturated carbocycles. The Morgan fingerprint density at radius 3 is 2.61 bits per heavy atom. The molecule has 1 aromatic heterocycles. The van der Waals surface area contributed by atoms with Gasteiger partial charge in [-0.3, -0.25) is 0 Å². The zero-order valence-corrected chi connectivity index (χ0v) is 16.2. The van der Waals surface area contributed by atoms with Gasteiger partial charge in [-0.05, 0) is 25.0 Å². The minimum absolute atomic E-state index is 0.0116. The Kier molecular flexibility index (Phi) is 5.73. The predicted octanol–water partition coefficient (Wildman–Crippen LogP) is 3.01. The first kappa shape index (κ1) is 19.1. The first-order valence-electron chi connectivity index (χ1n) is 9.91. The molecule has 1 aromatic carbocycles. The van der Waals surface area contributed by atoms with Gasteiger partial charge in [0.25, 0.3) is 0 Å². The molecular formula is C21H27FN4O2. The number of para-hydroxylation sites is 1. The molecule has 1 saturated heterocycles. The summed E-state index contributed by atoms with van der Waals surface area (Å²) in [5.41, 5.74) is 7.01. The fourth-order valence-corrected chi connectivity index (χ4v) is 3.89. The molecule has 28 heavy (non-hydrogen) atoms. The molecule has 0 radical (unpaired) electrons. The molecule has 2 N–H and O–H groups in total. The predicted molar refractivity (Wildman–Crippen MR) is 105 cm³/mol. The third kappa shape index (κ3) is 4.25. The number of nitrogens with two attached hydrogens (primary N) is 1. The summed E-state index contributed by atoms with van der Waals surface area (Å²) in [6, 6.07) is 8.94. The van der Waals surface area contributed by atoms with Gasteiger partial charge in [-0.25, -0.2) is 14.4 Å². The number of benzene rings is 1. The van der Waals surface area contributed by atoms with Crippen molar-refractivity contribution in [2.45, 2.75) is 50.4 Å². The number of ether oxygens (including phenoxy) is 2. The van der Waals surface area contributed by atoms with Crippen LogP contribution < -0.4 is 15.4 Å². The van der Waals surface area contributed by atoms with Crippen LogP contribution in [0.3, 0.4) is 0 Å². The summed E-state index contributed by atoms with van der Waals surface area (Å²) in [4.78, 5) is 11.6. The Hall–Kier alpha value is -2.25. The van der Waals surface area contributed by atoms with Crippen LogP contribution in [0.25, 0.3) is 0 Å². The number of methoxy groups -OCH3 is 1. The van der Waals surface area contributed by atoms with E-state index in [0.717, 1.165) is 50.3 Å². The van der Waals surface area contributed by atoms with Crippen LogP contribution in [0.4, 0.5) is 10.2 Å². The maximum absolute atomic E-state index is 13.8. The zero-order valence-electron chi connectivity index (χ0n) is 16.2. The summed E-state index contributed by atoms with van der Waals surface area (Å²) in [6.07, 6.45) is 3.60. The maximum Gasteiger partial charge on any atom is 0.165 e. The second-order valence-electron chi connectivity index (χ2n) is 7.66. The zero-order chi connectivity index (χ0) is 19.5. The van der Waals surface area contributed by atoms with Crippen LogP contribution in [0.2, 0.25) is 0 Å². The van der Waals surface area contributed by atoms with Crippen LogP contribution in [0.1, 0.15) is 43.1 Å². The fourth-order valence-electron chi connectivity index (χ4n) is 3.89. The van der Waals surface area contributed by atoms with Crippen molar-refractivity contribution in [2.24, 2.45) is 5.73 Å². The summed E-state index contributed by atoms with van der Waals surface area (Å²) < 4.78 is 24.9. The topological polar surface area (TPSA) is 73.5 Å². The number of halogens is 1. The van der Waals surface area contributed by atoms with Crippen molar-refractivity contribution in [1.29, 1.82) is 0 Å². The average molecular weight is 386 g/mol. The summed E-state index contributed by atoms with van der Waals surface area (Å²) >= 11 is 0. The van der Waals surface area contributed by atoms with E-state index in [0.29, 0.717) is 24.1 Å². The van der Waals surface area contributed by atoms with Gasteiger partial charge in [-0.2, -0.15) is 0 Å². The second kappa shape index (κ2) is 8.41. The van der Waals surface area contributed by atoms with Crippen molar-refractivity contribution < 1.29 is 13.9 Å². The normalized spacial score (nSPS) is 22.8. The highest BCUT2D eigenvalue weighted by molar-refractivity contribution is 5.42. The third-order valence-electron chi connectivity index (χ3n) is 5.54. The first-order chi connectivity index (χ1) is 13.6. The van der Waals surface area contributed by atoms with E-state index in [2.05, 4.69) is 20.9 Å². The Morgan fingerprint density at radius 2 is 1.93 bits per heavy atom. The van der Waals surface area contributed by atoms with Crippen molar-refractivity contribution in [1.82, 2.24) is 9.97 Å². The molecule has 0 unspecified atom stereocenters. The molecule has 0 atom stereocenters. The van der Waals surface area contributed by atoms with Crippen LogP contribution in [0, 0.1) is 5.82 Å². The standard InChI is InChI=1S/C21H27FN4O2/c1-27-13-20-24-18(14-10-15(23)11-14)12-21(25-20)26-8-6-16(7-9-26)28-19-5-3-2-4-17(19)22/h2-5,12,14-16H,6-11,13,23H2,1H3. The largest absolute Gasteiger partial charge is 0.487 e. The van der Waals surface area contributed by atoms with Gasteiger partial charge in [-0.1, -0.05) is 12.1 Å². The number of piperidine rings is 1. The Bertz CT molecular complexity index is 805. The van der Waals surface area contributed by atoms with Crippen molar-refractivity contribution in [3.63, 3.8) is 0 Å². The lowest BCUT2D eigenvalue weighted by Crippen LogP contribution is -2.39. The van der Waals surface area contributed by atoms with E-state index < -0.39 is 0 Å². The molecule has 1 aliphatic carbocycles. The lowest BCUT2D eigenvalue weighted by molar-refractivity contribution is 0.163. The molecule has 7 heteroatoms. The van der Waals surface area contributed by atoms with E-state index in [-0.39, 0.29) is 18.0 Å². The quantitative estimate of drug-likeness (QED) is 0.823. The maximum atomic E-state index is 13.8. The van der Waals surface area contributed by atoms with Crippen LogP contribution in [0.15, 0.2) is 30.3 Å². The minimum Gasteiger partial charge on any atom is -0.487 e. The van der Waals surface area contributed by atoms with Crippen molar-refractivity contribution >= 4 is 5.82 Å². The van der Waals surface area contributed by atoms with Gasteiger partial charge in [0.1, 0.15) is 18.5 Å². The Balaban J connectivity index is 1.42. The summed E-state index contributed by atoms with van der Waals surface area (Å²) in [5, 5.41) is 0. The summed E-state index contributed by atoms with van der Waals surface area (Å²) in [5.74, 6) is 2.07. The van der Waals surface area contributed by atoms with Crippen molar-refractivity contribution in [3.05, 3.63) is 47.7 Å². The molecule has 2 aliphatic rings. The molecule has 4 rings (SSSR count). The average Bonchev–Trinajstić information content (AvgIpc) is 2.68. The lowest BCUT2D eigenvalue weighted by Gasteiger charge is -2.35. The van der Waals surface area contributed by atoms with E-state index in [1.54, 1.807) is 25.3 Å². The van der Waals surface area contributed by atoms with E-state index in [1.807, 2.05) is 0 Å². The van der Waals surface area contributed by atoms with E-state index in [4.69, 9.17) is 15.2 Å². The van der Waals surface area contributed by atoms with Gasteiger partial charge in [0, 0.05) is 56.8 Å². The van der Waals surface area contributed by atoms with Crippen LogP contribution in [-0.4, -0.2) is 42.3 Å². The van der Waals surface area contributed by atoms with Crippen LogP contribution >= 0.6 is 0 Å².